The van der Waals surface area contributed by atoms with Gasteiger partial charge in [-0.1, -0.05) is 26.2 Å². The second kappa shape index (κ2) is 7.50. The first-order chi connectivity index (χ1) is 7.66. The Kier molecular flexibility index (Phi) is 6.68. The molecule has 1 fully saturated rings. The minimum absolute atomic E-state index is 0.193. The van der Waals surface area contributed by atoms with Gasteiger partial charge in [-0.25, -0.2) is 0 Å². The van der Waals surface area contributed by atoms with E-state index in [1.165, 1.54) is 25.7 Å². The van der Waals surface area contributed by atoms with Crippen LogP contribution in [0.3, 0.4) is 0 Å². The van der Waals surface area contributed by atoms with Crippen LogP contribution in [0.2, 0.25) is 0 Å². The molecule has 5 heteroatoms. The molecule has 0 spiro atoms. The fourth-order valence-corrected chi connectivity index (χ4v) is 2.95. The van der Waals surface area contributed by atoms with E-state index in [1.807, 2.05) is 0 Å². The molecule has 4 atom stereocenters. The summed E-state index contributed by atoms with van der Waals surface area (Å²) < 4.78 is 0. The lowest BCUT2D eigenvalue weighted by Gasteiger charge is -2.14. The lowest BCUT2D eigenvalue weighted by Crippen LogP contribution is -2.35. The Balaban J connectivity index is 2.05. The first kappa shape index (κ1) is 14.3. The average Bonchev–Trinajstić information content (AvgIpc) is 2.51. The van der Waals surface area contributed by atoms with E-state index in [2.05, 4.69) is 12.2 Å². The van der Waals surface area contributed by atoms with Crippen LogP contribution in [0, 0.1) is 0 Å². The standard InChI is InChI=1S/C11H23NO3S/c1-2-3-4-5-6-16-7-8-9(13)10(14)11(15)12-8/h8-15H,2-7H2,1H3/t8-,9-,10-,11?/m1/s1. The van der Waals surface area contributed by atoms with Crippen molar-refractivity contribution in [3.63, 3.8) is 0 Å². The number of aliphatic hydroxyl groups excluding tert-OH is 3. The molecule has 0 aromatic rings. The van der Waals surface area contributed by atoms with Crippen LogP contribution in [0.15, 0.2) is 0 Å². The maximum atomic E-state index is 9.58. The van der Waals surface area contributed by atoms with Gasteiger partial charge in [0.1, 0.15) is 12.3 Å². The van der Waals surface area contributed by atoms with E-state index >= 15 is 0 Å². The molecule has 4 nitrogen and oxygen atoms in total. The van der Waals surface area contributed by atoms with Gasteiger partial charge in [-0.3, -0.25) is 5.32 Å². The van der Waals surface area contributed by atoms with Gasteiger partial charge >= 0.3 is 0 Å². The summed E-state index contributed by atoms with van der Waals surface area (Å²) >= 11 is 1.76. The third-order valence-electron chi connectivity index (χ3n) is 2.91. The van der Waals surface area contributed by atoms with Gasteiger partial charge in [-0.15, -0.1) is 0 Å². The maximum Gasteiger partial charge on any atom is 0.134 e. The molecular weight excluding hydrogens is 226 g/mol. The van der Waals surface area contributed by atoms with Crippen LogP contribution < -0.4 is 5.32 Å². The van der Waals surface area contributed by atoms with Gasteiger partial charge < -0.3 is 15.3 Å². The van der Waals surface area contributed by atoms with Crippen LogP contribution in [0.25, 0.3) is 0 Å². The van der Waals surface area contributed by atoms with Gasteiger partial charge in [0.2, 0.25) is 0 Å². The number of hydrogen-bond acceptors (Lipinski definition) is 5. The summed E-state index contributed by atoms with van der Waals surface area (Å²) in [7, 11) is 0. The van der Waals surface area contributed by atoms with Crippen LogP contribution in [0.1, 0.15) is 32.6 Å². The second-order valence-corrected chi connectivity index (χ2v) is 5.48. The zero-order chi connectivity index (χ0) is 12.0. The van der Waals surface area contributed by atoms with Gasteiger partial charge in [-0.05, 0) is 12.2 Å². The van der Waals surface area contributed by atoms with E-state index in [9.17, 15) is 15.3 Å². The number of thioether (sulfide) groups is 1. The van der Waals surface area contributed by atoms with E-state index < -0.39 is 18.4 Å². The summed E-state index contributed by atoms with van der Waals surface area (Å²) in [5.41, 5.74) is 0. The fraction of sp³-hybridized carbons (Fsp3) is 1.00. The molecule has 0 aromatic heterocycles. The van der Waals surface area contributed by atoms with Crippen LogP contribution >= 0.6 is 11.8 Å². The summed E-state index contributed by atoms with van der Waals surface area (Å²) in [5.74, 6) is 1.82. The zero-order valence-corrected chi connectivity index (χ0v) is 10.6. The molecule has 1 aliphatic rings. The van der Waals surface area contributed by atoms with Crippen molar-refractivity contribution in [2.45, 2.75) is 57.1 Å². The minimum atomic E-state index is -1.05. The average molecular weight is 249 g/mol. The summed E-state index contributed by atoms with van der Waals surface area (Å²) in [6.45, 7) is 2.19. The van der Waals surface area contributed by atoms with E-state index in [0.717, 1.165) is 11.5 Å². The van der Waals surface area contributed by atoms with E-state index in [4.69, 9.17) is 0 Å². The molecule has 1 unspecified atom stereocenters. The van der Waals surface area contributed by atoms with Crippen molar-refractivity contribution in [2.75, 3.05) is 11.5 Å². The predicted molar refractivity (Wildman–Crippen MR) is 66.4 cm³/mol. The van der Waals surface area contributed by atoms with Crippen molar-refractivity contribution >= 4 is 11.8 Å². The highest BCUT2D eigenvalue weighted by molar-refractivity contribution is 7.99. The Morgan fingerprint density at radius 1 is 1.06 bits per heavy atom. The lowest BCUT2D eigenvalue weighted by molar-refractivity contribution is -0.0232. The van der Waals surface area contributed by atoms with E-state index in [-0.39, 0.29) is 6.04 Å². The van der Waals surface area contributed by atoms with Gasteiger partial charge in [-0.2, -0.15) is 11.8 Å². The molecule has 0 aliphatic carbocycles. The largest absolute Gasteiger partial charge is 0.389 e. The van der Waals surface area contributed by atoms with Crippen LogP contribution in [0.4, 0.5) is 0 Å². The highest BCUT2D eigenvalue weighted by Crippen LogP contribution is 2.18. The molecule has 0 bridgehead atoms. The number of hydrogen-bond donors (Lipinski definition) is 4. The highest BCUT2D eigenvalue weighted by Gasteiger charge is 2.39. The predicted octanol–water partition coefficient (Wildman–Crippen LogP) is 0.312. The summed E-state index contributed by atoms with van der Waals surface area (Å²) in [6.07, 6.45) is 2.10. The molecule has 0 saturated carbocycles. The molecule has 1 rings (SSSR count). The molecule has 0 amide bonds. The summed E-state index contributed by atoms with van der Waals surface area (Å²) in [6, 6.07) is -0.193. The van der Waals surface area contributed by atoms with Gasteiger partial charge in [0, 0.05) is 11.8 Å². The smallest absolute Gasteiger partial charge is 0.134 e. The molecule has 1 aliphatic heterocycles. The van der Waals surface area contributed by atoms with Gasteiger partial charge in [0.25, 0.3) is 0 Å². The van der Waals surface area contributed by atoms with E-state index in [0.29, 0.717) is 0 Å². The first-order valence-electron chi connectivity index (χ1n) is 6.04. The minimum Gasteiger partial charge on any atom is -0.389 e. The number of rotatable bonds is 7. The maximum absolute atomic E-state index is 9.58. The molecule has 1 saturated heterocycles. The molecule has 0 radical (unpaired) electrons. The quantitative estimate of drug-likeness (QED) is 0.489. The van der Waals surface area contributed by atoms with Gasteiger partial charge in [0.15, 0.2) is 0 Å². The molecule has 0 aromatic carbocycles. The van der Waals surface area contributed by atoms with Crippen molar-refractivity contribution in [3.05, 3.63) is 0 Å². The first-order valence-corrected chi connectivity index (χ1v) is 7.20. The third kappa shape index (κ3) is 4.22. The number of unbranched alkanes of at least 4 members (excludes halogenated alkanes) is 3. The summed E-state index contributed by atoms with van der Waals surface area (Å²) in [4.78, 5) is 0. The summed E-state index contributed by atoms with van der Waals surface area (Å²) in [5, 5.41) is 31.0. The van der Waals surface area contributed by atoms with Crippen molar-refractivity contribution in [1.82, 2.24) is 5.32 Å². The van der Waals surface area contributed by atoms with Crippen LogP contribution in [0.5, 0.6) is 0 Å². The number of nitrogens with one attached hydrogen (secondary N) is 1. The van der Waals surface area contributed by atoms with Crippen molar-refractivity contribution < 1.29 is 15.3 Å². The Morgan fingerprint density at radius 3 is 2.38 bits per heavy atom. The van der Waals surface area contributed by atoms with Crippen molar-refractivity contribution in [1.29, 1.82) is 0 Å². The SMILES string of the molecule is CCCCCCSC[C@H]1NC(O)[C@H](O)[C@@H]1O. The molecule has 96 valence electrons. The topological polar surface area (TPSA) is 72.7 Å². The highest BCUT2D eigenvalue weighted by atomic mass is 32.2. The normalized spacial score (nSPS) is 34.5. The number of aliphatic hydroxyl groups is 3. The molecule has 1 heterocycles. The van der Waals surface area contributed by atoms with Crippen molar-refractivity contribution in [3.8, 4) is 0 Å². The fourth-order valence-electron chi connectivity index (χ4n) is 1.83. The monoisotopic (exact) mass is 249 g/mol. The van der Waals surface area contributed by atoms with E-state index in [1.54, 1.807) is 11.8 Å². The Labute approximate surface area is 101 Å². The Hall–Kier alpha value is 0.190. The van der Waals surface area contributed by atoms with Crippen LogP contribution in [-0.4, -0.2) is 51.3 Å². The third-order valence-corrected chi connectivity index (χ3v) is 4.08. The van der Waals surface area contributed by atoms with Gasteiger partial charge in [0.05, 0.1) is 6.10 Å². The zero-order valence-electron chi connectivity index (χ0n) is 9.80. The lowest BCUT2D eigenvalue weighted by atomic mass is 10.1. The van der Waals surface area contributed by atoms with Crippen molar-refractivity contribution in [2.24, 2.45) is 0 Å². The molecule has 4 N–H and O–H groups in total. The Bertz CT molecular complexity index is 194. The molecular formula is C11H23NO3S. The molecule has 16 heavy (non-hydrogen) atoms. The Morgan fingerprint density at radius 2 is 1.81 bits per heavy atom. The van der Waals surface area contributed by atoms with Crippen LogP contribution in [-0.2, 0) is 0 Å². The second-order valence-electron chi connectivity index (χ2n) is 4.33.